The van der Waals surface area contributed by atoms with Crippen molar-refractivity contribution in [2.24, 2.45) is 0 Å². The Kier molecular flexibility index (Phi) is 43.3. The molecule has 0 aromatic rings. The molecule has 1 aliphatic heterocycles. The number of carboxylic acid groups (broad SMARTS) is 1. The third kappa shape index (κ3) is 37.6. The van der Waals surface area contributed by atoms with Crippen molar-refractivity contribution in [1.82, 2.24) is 0 Å². The topological polar surface area (TPSA) is 175 Å². The molecule has 406 valence electrons. The summed E-state index contributed by atoms with van der Waals surface area (Å²) in [6.45, 7) is 5.74. The van der Waals surface area contributed by atoms with E-state index in [0.29, 0.717) is 19.3 Å². The van der Waals surface area contributed by atoms with Crippen LogP contribution in [0.5, 0.6) is 0 Å². The van der Waals surface area contributed by atoms with Crippen molar-refractivity contribution in [3.8, 4) is 0 Å². The molecule has 12 nitrogen and oxygen atoms in total. The number of hydrogen-bond acceptors (Lipinski definition) is 11. The van der Waals surface area contributed by atoms with Crippen LogP contribution in [0.15, 0.2) is 72.9 Å². The summed E-state index contributed by atoms with van der Waals surface area (Å²) in [5.41, 5.74) is 0. The maximum Gasteiger partial charge on any atom is 0.335 e. The average molecular weight is 999 g/mol. The molecule has 0 aromatic carbocycles. The summed E-state index contributed by atoms with van der Waals surface area (Å²) in [4.78, 5) is 50.9. The molecule has 0 spiro atoms. The number of allylic oxidation sites excluding steroid dienone is 12. The normalized spacial score (nSPS) is 19.0. The highest BCUT2D eigenvalue weighted by molar-refractivity contribution is 5.74. The summed E-state index contributed by atoms with van der Waals surface area (Å²) in [5.74, 6) is -3.16. The fraction of sp³-hybridized carbons (Fsp3) is 0.729. The minimum Gasteiger partial charge on any atom is -0.479 e. The Balaban J connectivity index is 2.69. The first kappa shape index (κ1) is 65.2. The van der Waals surface area contributed by atoms with E-state index in [4.69, 9.17) is 23.7 Å². The Labute approximate surface area is 429 Å². The summed E-state index contributed by atoms with van der Waals surface area (Å²) >= 11 is 0. The van der Waals surface area contributed by atoms with Crippen LogP contribution in [0.3, 0.4) is 0 Å². The minimum atomic E-state index is -1.90. The van der Waals surface area contributed by atoms with Crippen molar-refractivity contribution in [2.75, 3.05) is 13.2 Å². The highest BCUT2D eigenvalue weighted by Crippen LogP contribution is 2.26. The molecule has 0 radical (unpaired) electrons. The quantitative estimate of drug-likeness (QED) is 0.0228. The third-order valence-corrected chi connectivity index (χ3v) is 12.2. The lowest BCUT2D eigenvalue weighted by molar-refractivity contribution is -0.301. The molecule has 1 saturated heterocycles. The molecule has 1 fully saturated rings. The number of aliphatic hydroxyl groups is 2. The van der Waals surface area contributed by atoms with E-state index in [1.54, 1.807) is 0 Å². The lowest BCUT2D eigenvalue weighted by atomic mass is 9.98. The van der Waals surface area contributed by atoms with Gasteiger partial charge in [0, 0.05) is 19.3 Å². The second-order valence-corrected chi connectivity index (χ2v) is 18.8. The largest absolute Gasteiger partial charge is 0.479 e. The maximum atomic E-state index is 13.1. The predicted octanol–water partition coefficient (Wildman–Crippen LogP) is 13.8. The van der Waals surface area contributed by atoms with Crippen molar-refractivity contribution in [3.63, 3.8) is 0 Å². The molecule has 12 heteroatoms. The third-order valence-electron chi connectivity index (χ3n) is 12.2. The Morgan fingerprint density at radius 1 is 0.479 bits per heavy atom. The van der Waals surface area contributed by atoms with Gasteiger partial charge >= 0.3 is 23.9 Å². The van der Waals surface area contributed by atoms with Gasteiger partial charge in [-0.05, 0) is 83.5 Å². The summed E-state index contributed by atoms with van der Waals surface area (Å²) in [5, 5.41) is 31.3. The highest BCUT2D eigenvalue weighted by Gasteiger charge is 2.50. The van der Waals surface area contributed by atoms with Crippen molar-refractivity contribution in [2.45, 2.75) is 263 Å². The van der Waals surface area contributed by atoms with Crippen LogP contribution in [0.1, 0.15) is 226 Å². The first-order valence-corrected chi connectivity index (χ1v) is 27.9. The SMILES string of the molecule is CC/C=C\C/C=C\C/C=C\C/C=C\CCCCCCCCC(=O)OCC(COC1OC(C(=O)O)C(O)C(O)C1OC(=O)CCCCCCCCCCC)OC(=O)CCCCCCC/C=C\C/C=C\CCC. The van der Waals surface area contributed by atoms with Crippen LogP contribution in [-0.2, 0) is 42.9 Å². The van der Waals surface area contributed by atoms with Crippen LogP contribution in [0.2, 0.25) is 0 Å². The van der Waals surface area contributed by atoms with E-state index in [-0.39, 0.29) is 25.9 Å². The molecule has 1 aliphatic rings. The molecule has 0 bridgehead atoms. The Bertz CT molecular complexity index is 1510. The number of esters is 3. The number of carbonyl (C=O) groups excluding carboxylic acids is 3. The fourth-order valence-corrected chi connectivity index (χ4v) is 7.98. The monoisotopic (exact) mass is 999 g/mol. The molecule has 6 unspecified atom stereocenters. The molecule has 0 aromatic heterocycles. The van der Waals surface area contributed by atoms with Crippen molar-refractivity contribution < 1.29 is 58.2 Å². The number of aliphatic hydroxyl groups excluding tert-OH is 2. The van der Waals surface area contributed by atoms with Crippen LogP contribution in [0, 0.1) is 0 Å². The van der Waals surface area contributed by atoms with E-state index >= 15 is 0 Å². The van der Waals surface area contributed by atoms with Gasteiger partial charge in [-0.15, -0.1) is 0 Å². The molecule has 0 amide bonds. The first-order valence-electron chi connectivity index (χ1n) is 27.9. The molecule has 1 rings (SSSR count). The van der Waals surface area contributed by atoms with E-state index in [0.717, 1.165) is 141 Å². The van der Waals surface area contributed by atoms with Crippen LogP contribution in [0.25, 0.3) is 0 Å². The zero-order valence-electron chi connectivity index (χ0n) is 44.4. The Morgan fingerprint density at radius 3 is 1.41 bits per heavy atom. The molecule has 0 aliphatic carbocycles. The molecule has 0 saturated carbocycles. The van der Waals surface area contributed by atoms with Crippen LogP contribution >= 0.6 is 0 Å². The molecule has 6 atom stereocenters. The van der Waals surface area contributed by atoms with Gasteiger partial charge in [0.25, 0.3) is 0 Å². The summed E-state index contributed by atoms with van der Waals surface area (Å²) in [6.07, 6.45) is 46.1. The molecular weight excluding hydrogens is 901 g/mol. The fourth-order valence-electron chi connectivity index (χ4n) is 7.98. The van der Waals surface area contributed by atoms with Gasteiger partial charge in [-0.1, -0.05) is 196 Å². The molecule has 1 heterocycles. The van der Waals surface area contributed by atoms with Gasteiger partial charge in [-0.2, -0.15) is 0 Å². The van der Waals surface area contributed by atoms with Crippen LogP contribution < -0.4 is 0 Å². The zero-order valence-corrected chi connectivity index (χ0v) is 44.4. The van der Waals surface area contributed by atoms with Gasteiger partial charge in [0.2, 0.25) is 0 Å². The van der Waals surface area contributed by atoms with Gasteiger partial charge in [0.05, 0.1) is 6.61 Å². The molecule has 3 N–H and O–H groups in total. The number of carbonyl (C=O) groups is 4. The van der Waals surface area contributed by atoms with E-state index in [2.05, 4.69) is 93.7 Å². The summed E-state index contributed by atoms with van der Waals surface area (Å²) in [6, 6.07) is 0. The zero-order chi connectivity index (χ0) is 51.8. The Morgan fingerprint density at radius 2 is 0.915 bits per heavy atom. The first-order chi connectivity index (χ1) is 34.6. The van der Waals surface area contributed by atoms with Crippen LogP contribution in [-0.4, -0.2) is 89.2 Å². The summed E-state index contributed by atoms with van der Waals surface area (Å²) < 4.78 is 28.3. The second-order valence-electron chi connectivity index (χ2n) is 18.8. The minimum absolute atomic E-state index is 0.0567. The predicted molar refractivity (Wildman–Crippen MR) is 285 cm³/mol. The van der Waals surface area contributed by atoms with E-state index in [1.165, 1.54) is 25.7 Å². The number of ether oxygens (including phenoxy) is 5. The van der Waals surface area contributed by atoms with Crippen molar-refractivity contribution >= 4 is 23.9 Å². The average Bonchev–Trinajstić information content (AvgIpc) is 3.35. The number of carboxylic acids is 1. The number of rotatable bonds is 46. The highest BCUT2D eigenvalue weighted by atomic mass is 16.7. The maximum absolute atomic E-state index is 13.1. The number of aliphatic carboxylic acids is 1. The molecular formula is C59H98O12. The van der Waals surface area contributed by atoms with Gasteiger partial charge < -0.3 is 39.0 Å². The standard InChI is InChI=1S/C59H98O12/c1-4-7-10-13-16-19-21-23-24-25-26-27-28-30-31-34-36-39-42-45-51(60)67-48-50(69-52(61)46-43-40-38-35-32-29-22-20-17-14-11-8-5-2)49-68-59-57(55(64)54(63)56(71-59)58(65)66)70-53(62)47-44-41-37-33-18-15-12-9-6-3/h7,10-11,14,16,19-20,22-24,26-27,50,54-57,59,63-64H,4-6,8-9,12-13,15,17-18,21,25,28-49H2,1-3H3,(H,65,66)/b10-7-,14-11-,19-16-,22-20-,24-23-,27-26-. The second kappa shape index (κ2) is 47.2. The number of unbranched alkanes of at least 4 members (excludes halogenated alkanes) is 20. The van der Waals surface area contributed by atoms with Crippen LogP contribution in [0.4, 0.5) is 0 Å². The van der Waals surface area contributed by atoms with Gasteiger partial charge in [-0.3, -0.25) is 14.4 Å². The smallest absolute Gasteiger partial charge is 0.335 e. The Hall–Kier alpha value is -3.84. The van der Waals surface area contributed by atoms with E-state index in [1.807, 2.05) is 0 Å². The summed E-state index contributed by atoms with van der Waals surface area (Å²) in [7, 11) is 0. The van der Waals surface area contributed by atoms with Crippen molar-refractivity contribution in [3.05, 3.63) is 72.9 Å². The van der Waals surface area contributed by atoms with Crippen molar-refractivity contribution in [1.29, 1.82) is 0 Å². The van der Waals surface area contributed by atoms with E-state index in [9.17, 15) is 34.5 Å². The number of hydrogen-bond donors (Lipinski definition) is 3. The van der Waals surface area contributed by atoms with Gasteiger partial charge in [0.1, 0.15) is 18.8 Å². The van der Waals surface area contributed by atoms with Gasteiger partial charge in [0.15, 0.2) is 24.6 Å². The molecule has 71 heavy (non-hydrogen) atoms. The van der Waals surface area contributed by atoms with Gasteiger partial charge in [-0.25, -0.2) is 4.79 Å². The lowest BCUT2D eigenvalue weighted by Gasteiger charge is -2.40. The van der Waals surface area contributed by atoms with E-state index < -0.39 is 67.3 Å². The lowest BCUT2D eigenvalue weighted by Crippen LogP contribution is -2.61.